The molecule has 1 aromatic heterocycles. The number of para-hydroxylation sites is 1. The number of furan rings is 1. The average molecular weight is 381 g/mol. The molecule has 6 heteroatoms. The van der Waals surface area contributed by atoms with Gasteiger partial charge in [0.2, 0.25) is 0 Å². The molecular weight excluding hydrogens is 354 g/mol. The van der Waals surface area contributed by atoms with E-state index in [2.05, 4.69) is 28.6 Å². The van der Waals surface area contributed by atoms with Gasteiger partial charge in [0.1, 0.15) is 11.3 Å². The van der Waals surface area contributed by atoms with E-state index in [0.29, 0.717) is 24.6 Å². The molecule has 28 heavy (non-hydrogen) atoms. The summed E-state index contributed by atoms with van der Waals surface area (Å²) >= 11 is 0. The van der Waals surface area contributed by atoms with Crippen LogP contribution < -0.4 is 20.1 Å². The largest absolute Gasteiger partial charge is 0.493 e. The number of ether oxygens (including phenoxy) is 2. The van der Waals surface area contributed by atoms with Gasteiger partial charge in [-0.15, -0.1) is 0 Å². The maximum atomic E-state index is 5.97. The van der Waals surface area contributed by atoms with Crippen LogP contribution in [0.3, 0.4) is 0 Å². The van der Waals surface area contributed by atoms with Crippen molar-refractivity contribution in [3.8, 4) is 11.5 Å². The number of hydrogen-bond acceptors (Lipinski definition) is 4. The lowest BCUT2D eigenvalue weighted by molar-refractivity contribution is 0.354. The first-order valence-electron chi connectivity index (χ1n) is 9.36. The first-order chi connectivity index (χ1) is 13.7. The van der Waals surface area contributed by atoms with Gasteiger partial charge in [-0.3, -0.25) is 0 Å². The van der Waals surface area contributed by atoms with Gasteiger partial charge >= 0.3 is 0 Å². The fourth-order valence-corrected chi connectivity index (χ4v) is 3.05. The highest BCUT2D eigenvalue weighted by atomic mass is 16.5. The van der Waals surface area contributed by atoms with Gasteiger partial charge in [-0.25, -0.2) is 4.99 Å². The molecule has 0 atom stereocenters. The Hall–Kier alpha value is -3.15. The number of hydrogen-bond donors (Lipinski definition) is 2. The molecule has 6 nitrogen and oxygen atoms in total. The topological polar surface area (TPSA) is 68.0 Å². The molecule has 0 amide bonds. The van der Waals surface area contributed by atoms with E-state index in [1.54, 1.807) is 14.2 Å². The lowest BCUT2D eigenvalue weighted by atomic mass is 10.1. The van der Waals surface area contributed by atoms with Gasteiger partial charge in [0.05, 0.1) is 27.3 Å². The van der Waals surface area contributed by atoms with E-state index in [-0.39, 0.29) is 0 Å². The minimum absolute atomic E-state index is 0.523. The van der Waals surface area contributed by atoms with Gasteiger partial charge < -0.3 is 24.5 Å². The minimum atomic E-state index is 0.523. The summed E-state index contributed by atoms with van der Waals surface area (Å²) in [6.45, 7) is 5.99. The van der Waals surface area contributed by atoms with Crippen LogP contribution in [-0.2, 0) is 13.1 Å². The van der Waals surface area contributed by atoms with Crippen LogP contribution in [0.4, 0.5) is 0 Å². The predicted molar refractivity (Wildman–Crippen MR) is 112 cm³/mol. The van der Waals surface area contributed by atoms with Gasteiger partial charge in [0.25, 0.3) is 0 Å². The van der Waals surface area contributed by atoms with Crippen molar-refractivity contribution in [3.63, 3.8) is 0 Å². The second kappa shape index (κ2) is 9.17. The maximum absolute atomic E-state index is 5.97. The molecule has 0 radical (unpaired) electrons. The summed E-state index contributed by atoms with van der Waals surface area (Å²) in [6.07, 6.45) is 0. The summed E-state index contributed by atoms with van der Waals surface area (Å²) in [5.41, 5.74) is 3.10. The molecule has 148 valence electrons. The molecule has 2 N–H and O–H groups in total. The lowest BCUT2D eigenvalue weighted by Gasteiger charge is -2.12. The SMILES string of the molecule is CCNC(=NCc1ccc(OC)c(OC)c1)NCc1oc2ccccc2c1C. The Morgan fingerprint density at radius 1 is 1.04 bits per heavy atom. The second-order valence-corrected chi connectivity index (χ2v) is 6.38. The van der Waals surface area contributed by atoms with Crippen LogP contribution in [0.5, 0.6) is 11.5 Å². The number of guanidine groups is 1. The van der Waals surface area contributed by atoms with Crippen LogP contribution in [0.25, 0.3) is 11.0 Å². The summed E-state index contributed by atoms with van der Waals surface area (Å²) in [4.78, 5) is 4.67. The van der Waals surface area contributed by atoms with Crippen molar-refractivity contribution in [2.75, 3.05) is 20.8 Å². The summed E-state index contributed by atoms with van der Waals surface area (Å²) in [5, 5.41) is 7.76. The van der Waals surface area contributed by atoms with E-state index < -0.39 is 0 Å². The number of aliphatic imine (C=N–C) groups is 1. The molecule has 0 fully saturated rings. The molecule has 0 spiro atoms. The molecule has 3 aromatic rings. The number of aryl methyl sites for hydroxylation is 1. The van der Waals surface area contributed by atoms with Crippen molar-refractivity contribution in [3.05, 3.63) is 59.4 Å². The van der Waals surface area contributed by atoms with Crippen molar-refractivity contribution < 1.29 is 13.9 Å². The Balaban J connectivity index is 1.71. The van der Waals surface area contributed by atoms with Gasteiger partial charge in [-0.05, 0) is 37.6 Å². The molecule has 0 saturated heterocycles. The van der Waals surface area contributed by atoms with Crippen molar-refractivity contribution in [1.82, 2.24) is 10.6 Å². The highest BCUT2D eigenvalue weighted by molar-refractivity contribution is 5.83. The molecule has 1 heterocycles. The number of methoxy groups -OCH3 is 2. The summed E-state index contributed by atoms with van der Waals surface area (Å²) in [7, 11) is 3.26. The van der Waals surface area contributed by atoms with Gasteiger partial charge in [-0.1, -0.05) is 24.3 Å². The van der Waals surface area contributed by atoms with Gasteiger partial charge in [-0.2, -0.15) is 0 Å². The zero-order valence-electron chi connectivity index (χ0n) is 16.8. The fourth-order valence-electron chi connectivity index (χ4n) is 3.05. The molecule has 0 saturated carbocycles. The quantitative estimate of drug-likeness (QED) is 0.478. The van der Waals surface area contributed by atoms with Gasteiger partial charge in [0.15, 0.2) is 17.5 Å². The van der Waals surface area contributed by atoms with Crippen molar-refractivity contribution in [2.24, 2.45) is 4.99 Å². The average Bonchev–Trinajstić information content (AvgIpc) is 3.05. The molecule has 3 rings (SSSR count). The number of benzene rings is 2. The molecular formula is C22H27N3O3. The fraction of sp³-hybridized carbons (Fsp3) is 0.318. The van der Waals surface area contributed by atoms with Crippen LogP contribution in [-0.4, -0.2) is 26.7 Å². The third-order valence-corrected chi connectivity index (χ3v) is 4.57. The molecule has 0 bridgehead atoms. The van der Waals surface area contributed by atoms with Crippen LogP contribution in [0, 0.1) is 6.92 Å². The van der Waals surface area contributed by atoms with Crippen molar-refractivity contribution in [1.29, 1.82) is 0 Å². The van der Waals surface area contributed by atoms with E-state index in [0.717, 1.165) is 40.4 Å². The lowest BCUT2D eigenvalue weighted by Crippen LogP contribution is -2.36. The third-order valence-electron chi connectivity index (χ3n) is 4.57. The molecule has 0 aliphatic carbocycles. The number of rotatable bonds is 7. The van der Waals surface area contributed by atoms with E-state index >= 15 is 0 Å². The Morgan fingerprint density at radius 3 is 2.54 bits per heavy atom. The normalized spacial score (nSPS) is 11.5. The Bertz CT molecular complexity index is 963. The Kier molecular flexibility index (Phi) is 6.42. The molecule has 0 unspecified atom stereocenters. The number of fused-ring (bicyclic) bond motifs is 1. The standard InChI is InChI=1S/C22H27N3O3/c1-5-23-22(24-13-16-10-11-19(26-3)20(12-16)27-4)25-14-21-15(2)17-8-6-7-9-18(17)28-21/h6-12H,5,13-14H2,1-4H3,(H2,23,24,25). The highest BCUT2D eigenvalue weighted by Crippen LogP contribution is 2.28. The smallest absolute Gasteiger partial charge is 0.191 e. The zero-order valence-corrected chi connectivity index (χ0v) is 16.8. The molecule has 2 aromatic carbocycles. The molecule has 0 aliphatic rings. The second-order valence-electron chi connectivity index (χ2n) is 6.38. The maximum Gasteiger partial charge on any atom is 0.191 e. The Morgan fingerprint density at radius 2 is 1.82 bits per heavy atom. The molecule has 0 aliphatic heterocycles. The third kappa shape index (κ3) is 4.39. The van der Waals surface area contributed by atoms with Crippen LogP contribution in [0.1, 0.15) is 23.8 Å². The van der Waals surface area contributed by atoms with E-state index in [9.17, 15) is 0 Å². The van der Waals surface area contributed by atoms with E-state index in [1.165, 1.54) is 0 Å². The van der Waals surface area contributed by atoms with Crippen LogP contribution >= 0.6 is 0 Å². The summed E-state index contributed by atoms with van der Waals surface area (Å²) < 4.78 is 16.6. The van der Waals surface area contributed by atoms with Crippen LogP contribution in [0.2, 0.25) is 0 Å². The zero-order chi connectivity index (χ0) is 19.9. The van der Waals surface area contributed by atoms with E-state index in [4.69, 9.17) is 13.9 Å². The van der Waals surface area contributed by atoms with Gasteiger partial charge in [0, 0.05) is 17.5 Å². The first-order valence-corrected chi connectivity index (χ1v) is 9.36. The monoisotopic (exact) mass is 381 g/mol. The Labute approximate surface area is 165 Å². The van der Waals surface area contributed by atoms with Crippen molar-refractivity contribution in [2.45, 2.75) is 26.9 Å². The van der Waals surface area contributed by atoms with Crippen LogP contribution in [0.15, 0.2) is 51.9 Å². The van der Waals surface area contributed by atoms with E-state index in [1.807, 2.05) is 43.3 Å². The van der Waals surface area contributed by atoms with Crippen molar-refractivity contribution >= 4 is 16.9 Å². The first kappa shape index (κ1) is 19.6. The number of nitrogens with one attached hydrogen (secondary N) is 2. The summed E-state index contributed by atoms with van der Waals surface area (Å²) in [5.74, 6) is 3.06. The summed E-state index contributed by atoms with van der Waals surface area (Å²) in [6, 6.07) is 13.9. The minimum Gasteiger partial charge on any atom is -0.493 e. The highest BCUT2D eigenvalue weighted by Gasteiger charge is 2.10. The number of nitrogens with zero attached hydrogens (tertiary/aromatic N) is 1. The predicted octanol–water partition coefficient (Wildman–Crippen LogP) is 4.01.